The normalized spacial score (nSPS) is 14.4. The molecule has 0 radical (unpaired) electrons. The summed E-state index contributed by atoms with van der Waals surface area (Å²) in [5, 5.41) is 7.67. The Morgan fingerprint density at radius 1 is 1.10 bits per heavy atom. The van der Waals surface area contributed by atoms with Crippen LogP contribution in [0, 0.1) is 19.8 Å². The second-order valence-electron chi connectivity index (χ2n) is 8.41. The molecule has 1 fully saturated rings. The molecule has 1 N–H and O–H groups in total. The Hall–Kier alpha value is -3.08. The van der Waals surface area contributed by atoms with E-state index >= 15 is 0 Å². The van der Waals surface area contributed by atoms with Gasteiger partial charge in [-0.3, -0.25) is 4.68 Å². The van der Waals surface area contributed by atoms with Gasteiger partial charge in [0.25, 0.3) is 0 Å². The lowest BCUT2D eigenvalue weighted by atomic mass is 10.1. The molecule has 1 aliphatic rings. The van der Waals surface area contributed by atoms with E-state index in [4.69, 9.17) is 0 Å². The molecule has 0 aliphatic heterocycles. The predicted molar refractivity (Wildman–Crippen MR) is 120 cm³/mol. The number of aromatic nitrogens is 2. The molecule has 156 valence electrons. The maximum atomic E-state index is 13.2. The van der Waals surface area contributed by atoms with Gasteiger partial charge in [-0.15, -0.1) is 0 Å². The number of anilines is 1. The summed E-state index contributed by atoms with van der Waals surface area (Å²) in [6.07, 6.45) is 2.41. The van der Waals surface area contributed by atoms with Crippen molar-refractivity contribution in [2.24, 2.45) is 5.92 Å². The minimum Gasteiger partial charge on any atom is -0.317 e. The number of urea groups is 1. The molecule has 2 amide bonds. The summed E-state index contributed by atoms with van der Waals surface area (Å²) in [6.45, 7) is 7.54. The predicted octanol–water partition coefficient (Wildman–Crippen LogP) is 5.38. The van der Waals surface area contributed by atoms with Crippen molar-refractivity contribution in [3.8, 4) is 0 Å². The van der Waals surface area contributed by atoms with Crippen LogP contribution in [0.3, 0.4) is 0 Å². The van der Waals surface area contributed by atoms with Gasteiger partial charge < -0.3 is 10.2 Å². The van der Waals surface area contributed by atoms with E-state index in [0.717, 1.165) is 28.2 Å². The van der Waals surface area contributed by atoms with Gasteiger partial charge in [-0.25, -0.2) is 4.79 Å². The van der Waals surface area contributed by atoms with Crippen molar-refractivity contribution in [3.63, 3.8) is 0 Å². The van der Waals surface area contributed by atoms with Crippen molar-refractivity contribution in [2.75, 3.05) is 5.32 Å². The van der Waals surface area contributed by atoms with Crippen molar-refractivity contribution in [1.29, 1.82) is 0 Å². The first-order valence-electron chi connectivity index (χ1n) is 10.7. The average molecular weight is 403 g/mol. The van der Waals surface area contributed by atoms with Crippen LogP contribution in [0.15, 0.2) is 60.7 Å². The summed E-state index contributed by atoms with van der Waals surface area (Å²) < 4.78 is 1.99. The highest BCUT2D eigenvalue weighted by Crippen LogP contribution is 2.36. The van der Waals surface area contributed by atoms with Crippen LogP contribution in [-0.2, 0) is 13.1 Å². The second kappa shape index (κ2) is 8.74. The van der Waals surface area contributed by atoms with Gasteiger partial charge in [0.1, 0.15) is 0 Å². The van der Waals surface area contributed by atoms with Crippen molar-refractivity contribution in [1.82, 2.24) is 14.7 Å². The summed E-state index contributed by atoms with van der Waals surface area (Å²) in [6, 6.07) is 20.5. The highest BCUT2D eigenvalue weighted by Gasteiger charge is 2.34. The molecule has 5 heteroatoms. The number of carbonyl (C=O) groups excluding carboxylic acids is 1. The third kappa shape index (κ3) is 4.90. The zero-order valence-electron chi connectivity index (χ0n) is 18.0. The Balaban J connectivity index is 1.48. The zero-order chi connectivity index (χ0) is 21.1. The van der Waals surface area contributed by atoms with Crippen LogP contribution in [0.25, 0.3) is 0 Å². The zero-order valence-corrected chi connectivity index (χ0v) is 18.0. The lowest BCUT2D eigenvalue weighted by molar-refractivity contribution is 0.181. The lowest BCUT2D eigenvalue weighted by Crippen LogP contribution is -2.42. The largest absolute Gasteiger partial charge is 0.322 e. The van der Waals surface area contributed by atoms with E-state index in [0.29, 0.717) is 19.0 Å². The maximum Gasteiger partial charge on any atom is 0.322 e. The molecule has 1 aromatic heterocycles. The van der Waals surface area contributed by atoms with E-state index in [9.17, 15) is 4.79 Å². The third-order valence-corrected chi connectivity index (χ3v) is 5.87. The molecule has 1 atom stereocenters. The second-order valence-corrected chi connectivity index (χ2v) is 8.41. The number of rotatable bonds is 7. The van der Waals surface area contributed by atoms with E-state index < -0.39 is 0 Å². The van der Waals surface area contributed by atoms with Crippen LogP contribution >= 0.6 is 0 Å². The first kappa shape index (κ1) is 20.2. The molecule has 1 unspecified atom stereocenters. The van der Waals surface area contributed by atoms with E-state index in [2.05, 4.69) is 48.5 Å². The number of hydrogen-bond acceptors (Lipinski definition) is 2. The first-order chi connectivity index (χ1) is 14.5. The van der Waals surface area contributed by atoms with Crippen LogP contribution in [-0.4, -0.2) is 26.8 Å². The van der Waals surface area contributed by atoms with Gasteiger partial charge >= 0.3 is 6.03 Å². The van der Waals surface area contributed by atoms with Gasteiger partial charge in [-0.2, -0.15) is 5.10 Å². The molecule has 0 spiro atoms. The van der Waals surface area contributed by atoms with E-state index in [1.165, 1.54) is 12.8 Å². The third-order valence-electron chi connectivity index (χ3n) is 5.87. The Morgan fingerprint density at radius 2 is 1.83 bits per heavy atom. The Morgan fingerprint density at radius 3 is 2.50 bits per heavy atom. The van der Waals surface area contributed by atoms with Gasteiger partial charge in [-0.1, -0.05) is 42.5 Å². The fraction of sp³-hybridized carbons (Fsp3) is 0.360. The lowest BCUT2D eigenvalue weighted by Gasteiger charge is -2.30. The monoisotopic (exact) mass is 402 g/mol. The van der Waals surface area contributed by atoms with Crippen LogP contribution < -0.4 is 5.32 Å². The number of hydrogen-bond donors (Lipinski definition) is 1. The Bertz CT molecular complexity index is 1010. The summed E-state index contributed by atoms with van der Waals surface area (Å²) >= 11 is 0. The number of aryl methyl sites for hydroxylation is 2. The molecule has 0 bridgehead atoms. The average Bonchev–Trinajstić information content (AvgIpc) is 3.52. The first-order valence-corrected chi connectivity index (χ1v) is 10.7. The van der Waals surface area contributed by atoms with Crippen molar-refractivity contribution in [3.05, 3.63) is 83.2 Å². The van der Waals surface area contributed by atoms with Crippen molar-refractivity contribution in [2.45, 2.75) is 52.7 Å². The summed E-state index contributed by atoms with van der Waals surface area (Å²) in [5.41, 5.74) is 5.24. The van der Waals surface area contributed by atoms with E-state index in [1.807, 2.05) is 52.9 Å². The molecular formula is C25H30N4O. The molecule has 2 aromatic carbocycles. The van der Waals surface area contributed by atoms with E-state index in [-0.39, 0.29) is 12.1 Å². The Labute approximate surface area is 178 Å². The summed E-state index contributed by atoms with van der Waals surface area (Å²) in [5.74, 6) is 0.608. The molecule has 1 aliphatic carbocycles. The molecule has 1 saturated carbocycles. The maximum absolute atomic E-state index is 13.2. The number of nitrogens with zero attached hydrogens (tertiary/aromatic N) is 3. The molecule has 3 aromatic rings. The molecule has 4 rings (SSSR count). The number of amides is 2. The van der Waals surface area contributed by atoms with Gasteiger partial charge in [0, 0.05) is 24.0 Å². The van der Waals surface area contributed by atoms with Gasteiger partial charge in [0.2, 0.25) is 0 Å². The van der Waals surface area contributed by atoms with Crippen molar-refractivity contribution >= 4 is 11.7 Å². The van der Waals surface area contributed by atoms with Crippen LogP contribution in [0.4, 0.5) is 10.5 Å². The molecule has 30 heavy (non-hydrogen) atoms. The molecule has 1 heterocycles. The van der Waals surface area contributed by atoms with Gasteiger partial charge in [0.15, 0.2) is 0 Å². The van der Waals surface area contributed by atoms with Gasteiger partial charge in [-0.05, 0) is 68.9 Å². The quantitative estimate of drug-likeness (QED) is 0.577. The van der Waals surface area contributed by atoms with Gasteiger partial charge in [0.05, 0.1) is 12.2 Å². The topological polar surface area (TPSA) is 50.2 Å². The standard InChI is InChI=1S/C25H30N4O/c1-18-14-19(2)29(27-18)17-22-10-7-11-24(15-22)26-25(30)28(20(3)23-12-13-23)16-21-8-5-4-6-9-21/h4-11,14-15,20,23H,12-13,16-17H2,1-3H3,(H,26,30). The summed E-state index contributed by atoms with van der Waals surface area (Å²) in [7, 11) is 0. The smallest absolute Gasteiger partial charge is 0.317 e. The fourth-order valence-corrected chi connectivity index (χ4v) is 3.96. The number of benzene rings is 2. The Kier molecular flexibility index (Phi) is 5.88. The number of carbonyl (C=O) groups is 1. The highest BCUT2D eigenvalue weighted by atomic mass is 16.2. The summed E-state index contributed by atoms with van der Waals surface area (Å²) in [4.78, 5) is 15.2. The number of nitrogens with one attached hydrogen (secondary N) is 1. The fourth-order valence-electron chi connectivity index (χ4n) is 3.96. The van der Waals surface area contributed by atoms with Crippen molar-refractivity contribution < 1.29 is 4.79 Å². The minimum absolute atomic E-state index is 0.0403. The van der Waals surface area contributed by atoms with Crippen LogP contribution in [0.1, 0.15) is 42.3 Å². The van der Waals surface area contributed by atoms with Crippen LogP contribution in [0.2, 0.25) is 0 Å². The molecular weight excluding hydrogens is 372 g/mol. The molecule has 0 saturated heterocycles. The SMILES string of the molecule is Cc1cc(C)n(Cc2cccc(NC(=O)N(Cc3ccccc3)C(C)C3CC3)c2)n1. The minimum atomic E-state index is -0.0403. The van der Waals surface area contributed by atoms with Crippen LogP contribution in [0.5, 0.6) is 0 Å². The highest BCUT2D eigenvalue weighted by molar-refractivity contribution is 5.89. The molecule has 5 nitrogen and oxygen atoms in total. The van der Waals surface area contributed by atoms with E-state index in [1.54, 1.807) is 0 Å².